The van der Waals surface area contributed by atoms with E-state index in [2.05, 4.69) is 13.3 Å². The highest BCUT2D eigenvalue weighted by Gasteiger charge is 2.49. The van der Waals surface area contributed by atoms with Crippen molar-refractivity contribution < 1.29 is 0 Å². The fourth-order valence-electron chi connectivity index (χ4n) is 4.42. The lowest BCUT2D eigenvalue weighted by Gasteiger charge is -2.56. The zero-order chi connectivity index (χ0) is 8.18. The summed E-state index contributed by atoms with van der Waals surface area (Å²) in [6, 6.07) is 0. The zero-order valence-electron chi connectivity index (χ0n) is 7.97. The molecule has 0 aromatic rings. The van der Waals surface area contributed by atoms with Gasteiger partial charge in [-0.1, -0.05) is 6.92 Å². The fourth-order valence-corrected chi connectivity index (χ4v) is 4.42. The molecule has 0 amide bonds. The highest BCUT2D eigenvalue weighted by Crippen LogP contribution is 2.60. The molecule has 0 aliphatic heterocycles. The minimum atomic E-state index is 0.592. The monoisotopic (exact) mass is 162 g/mol. The minimum Gasteiger partial charge on any atom is -0.0580 e. The molecule has 0 unspecified atom stereocenters. The van der Waals surface area contributed by atoms with E-state index in [0.717, 1.165) is 17.8 Å². The van der Waals surface area contributed by atoms with Gasteiger partial charge in [-0.25, -0.2) is 0 Å². The van der Waals surface area contributed by atoms with Crippen molar-refractivity contribution in [3.05, 3.63) is 6.42 Å². The lowest BCUT2D eigenvalue weighted by Crippen LogP contribution is -2.45. The van der Waals surface area contributed by atoms with Crippen molar-refractivity contribution in [2.24, 2.45) is 23.2 Å². The van der Waals surface area contributed by atoms with Crippen LogP contribution in [-0.4, -0.2) is 0 Å². The molecule has 0 atom stereocenters. The molecule has 0 heteroatoms. The second-order valence-corrected chi connectivity index (χ2v) is 5.45. The summed E-state index contributed by atoms with van der Waals surface area (Å²) >= 11 is 0. The number of hydrogen-bond donors (Lipinski definition) is 0. The summed E-state index contributed by atoms with van der Waals surface area (Å²) in [5.74, 6) is 3.26. The Labute approximate surface area is 75.7 Å². The average Bonchev–Trinajstić information content (AvgIpc) is 2.02. The highest BCUT2D eigenvalue weighted by molar-refractivity contribution is 5.05. The Morgan fingerprint density at radius 3 is 1.67 bits per heavy atom. The van der Waals surface area contributed by atoms with E-state index in [4.69, 9.17) is 0 Å². The van der Waals surface area contributed by atoms with E-state index in [1.54, 1.807) is 19.3 Å². The van der Waals surface area contributed by atoms with Gasteiger partial charge in [0.05, 0.1) is 0 Å². The zero-order valence-corrected chi connectivity index (χ0v) is 7.97. The molecular weight excluding hydrogens is 144 g/mol. The van der Waals surface area contributed by atoms with Crippen molar-refractivity contribution in [3.63, 3.8) is 0 Å². The van der Waals surface area contributed by atoms with E-state index in [1.807, 2.05) is 0 Å². The SMILES string of the molecule is C[C]C12CC3CC(CC(C3)C1)C2. The van der Waals surface area contributed by atoms with Crippen molar-refractivity contribution in [2.45, 2.75) is 45.4 Å². The third-order valence-electron chi connectivity index (χ3n) is 4.57. The molecule has 0 aromatic carbocycles. The third-order valence-corrected chi connectivity index (χ3v) is 4.57. The Balaban J connectivity index is 1.90. The second-order valence-electron chi connectivity index (χ2n) is 5.45. The molecule has 4 bridgehead atoms. The van der Waals surface area contributed by atoms with E-state index >= 15 is 0 Å². The lowest BCUT2D eigenvalue weighted by atomic mass is 9.49. The van der Waals surface area contributed by atoms with Crippen LogP contribution in [0.5, 0.6) is 0 Å². The van der Waals surface area contributed by atoms with Gasteiger partial charge in [0.15, 0.2) is 0 Å². The average molecular weight is 162 g/mol. The summed E-state index contributed by atoms with van der Waals surface area (Å²) in [5.41, 5.74) is 0.592. The van der Waals surface area contributed by atoms with Crippen LogP contribution in [0.25, 0.3) is 0 Å². The third kappa shape index (κ3) is 0.900. The molecule has 0 heterocycles. The van der Waals surface area contributed by atoms with Gasteiger partial charge in [-0.3, -0.25) is 0 Å². The summed E-state index contributed by atoms with van der Waals surface area (Å²) in [7, 11) is 0. The minimum absolute atomic E-state index is 0.592. The molecule has 0 nitrogen and oxygen atoms in total. The molecule has 4 saturated carbocycles. The Morgan fingerprint density at radius 1 is 0.917 bits per heavy atom. The fraction of sp³-hybridized carbons (Fsp3) is 0.917. The molecule has 4 rings (SSSR count). The van der Waals surface area contributed by atoms with Crippen LogP contribution in [0.1, 0.15) is 45.4 Å². The van der Waals surface area contributed by atoms with E-state index < -0.39 is 0 Å². The molecule has 0 aromatic heterocycles. The van der Waals surface area contributed by atoms with Crippen LogP contribution in [0, 0.1) is 29.6 Å². The van der Waals surface area contributed by atoms with Crippen LogP contribution in [0.15, 0.2) is 0 Å². The first-order chi connectivity index (χ1) is 5.80. The Hall–Kier alpha value is 0. The maximum absolute atomic E-state index is 3.61. The molecular formula is C12H18. The Kier molecular flexibility index (Phi) is 1.40. The van der Waals surface area contributed by atoms with Gasteiger partial charge >= 0.3 is 0 Å². The summed E-state index contributed by atoms with van der Waals surface area (Å²) < 4.78 is 0. The first-order valence-corrected chi connectivity index (χ1v) is 5.48. The van der Waals surface area contributed by atoms with Crippen LogP contribution in [-0.2, 0) is 0 Å². The molecule has 2 radical (unpaired) electrons. The van der Waals surface area contributed by atoms with E-state index in [-0.39, 0.29) is 0 Å². The first kappa shape index (κ1) is 7.41. The lowest BCUT2D eigenvalue weighted by molar-refractivity contribution is -0.0327. The summed E-state index contributed by atoms with van der Waals surface area (Å²) in [6.45, 7) is 2.17. The molecule has 12 heavy (non-hydrogen) atoms. The van der Waals surface area contributed by atoms with Crippen molar-refractivity contribution in [3.8, 4) is 0 Å². The van der Waals surface area contributed by atoms with Gasteiger partial charge < -0.3 is 0 Å². The van der Waals surface area contributed by atoms with E-state index in [9.17, 15) is 0 Å². The Bertz CT molecular complexity index is 157. The maximum atomic E-state index is 3.61. The van der Waals surface area contributed by atoms with Crippen LogP contribution in [0.4, 0.5) is 0 Å². The molecule has 66 valence electrons. The normalized spacial score (nSPS) is 56.2. The Morgan fingerprint density at radius 2 is 1.33 bits per heavy atom. The second kappa shape index (κ2) is 2.27. The predicted octanol–water partition coefficient (Wildman–Crippen LogP) is 3.30. The predicted molar refractivity (Wildman–Crippen MR) is 49.5 cm³/mol. The largest absolute Gasteiger partial charge is 0.0580 e. The van der Waals surface area contributed by atoms with Gasteiger partial charge in [-0.2, -0.15) is 0 Å². The summed E-state index contributed by atoms with van der Waals surface area (Å²) in [5, 5.41) is 0. The molecule has 0 spiro atoms. The van der Waals surface area contributed by atoms with E-state index in [0.29, 0.717) is 5.41 Å². The van der Waals surface area contributed by atoms with Crippen molar-refractivity contribution in [1.82, 2.24) is 0 Å². The standard InChI is InChI=1S/C12H18/c1-2-12-6-9-3-10(7-12)5-11(4-9)8-12/h9-11H,3-8H2,1H3. The van der Waals surface area contributed by atoms with Gasteiger partial charge in [-0.15, -0.1) is 0 Å². The number of rotatable bonds is 1. The molecule has 4 fully saturated rings. The van der Waals surface area contributed by atoms with Gasteiger partial charge in [0.25, 0.3) is 0 Å². The first-order valence-electron chi connectivity index (χ1n) is 5.48. The summed E-state index contributed by atoms with van der Waals surface area (Å²) in [4.78, 5) is 0. The van der Waals surface area contributed by atoms with Crippen LogP contribution in [0.2, 0.25) is 0 Å². The van der Waals surface area contributed by atoms with Gasteiger partial charge in [0, 0.05) is 0 Å². The molecule has 0 saturated heterocycles. The maximum Gasteiger partial charge on any atom is -0.0139 e. The molecule has 4 aliphatic carbocycles. The van der Waals surface area contributed by atoms with E-state index in [1.165, 1.54) is 19.3 Å². The van der Waals surface area contributed by atoms with Crippen molar-refractivity contribution >= 4 is 0 Å². The van der Waals surface area contributed by atoms with Crippen LogP contribution < -0.4 is 0 Å². The van der Waals surface area contributed by atoms with Gasteiger partial charge in [-0.05, 0) is 68.1 Å². The topological polar surface area (TPSA) is 0 Å². The molecule has 4 aliphatic rings. The van der Waals surface area contributed by atoms with Gasteiger partial charge in [0.1, 0.15) is 0 Å². The van der Waals surface area contributed by atoms with Crippen LogP contribution >= 0.6 is 0 Å². The summed E-state index contributed by atoms with van der Waals surface area (Å²) in [6.07, 6.45) is 12.7. The quantitative estimate of drug-likeness (QED) is 0.555. The molecule has 0 N–H and O–H groups in total. The van der Waals surface area contributed by atoms with Crippen molar-refractivity contribution in [1.29, 1.82) is 0 Å². The van der Waals surface area contributed by atoms with Gasteiger partial charge in [0.2, 0.25) is 0 Å². The number of hydrogen-bond acceptors (Lipinski definition) is 0. The van der Waals surface area contributed by atoms with Crippen LogP contribution in [0.3, 0.4) is 0 Å². The highest BCUT2D eigenvalue weighted by atomic mass is 14.5. The smallest absolute Gasteiger partial charge is 0.0139 e. The van der Waals surface area contributed by atoms with Crippen molar-refractivity contribution in [2.75, 3.05) is 0 Å².